The topological polar surface area (TPSA) is 90.9 Å². The molecule has 1 aliphatic rings. The predicted molar refractivity (Wildman–Crippen MR) is 77.0 cm³/mol. The number of methoxy groups -OCH3 is 1. The van der Waals surface area contributed by atoms with Gasteiger partial charge in [-0.3, -0.25) is 0 Å². The molecule has 4 heterocycles. The van der Waals surface area contributed by atoms with E-state index < -0.39 is 0 Å². The summed E-state index contributed by atoms with van der Waals surface area (Å²) in [5.41, 5.74) is 1.46. The zero-order valence-corrected chi connectivity index (χ0v) is 12.0. The second-order valence-corrected chi connectivity index (χ2v) is 4.92. The van der Waals surface area contributed by atoms with E-state index in [4.69, 9.17) is 9.26 Å². The van der Waals surface area contributed by atoms with E-state index >= 15 is 0 Å². The van der Waals surface area contributed by atoms with Crippen LogP contribution in [0.3, 0.4) is 0 Å². The maximum Gasteiger partial charge on any atom is 0.278 e. The maximum absolute atomic E-state index is 5.32. The number of aromatic nitrogens is 5. The highest BCUT2D eigenvalue weighted by atomic mass is 16.5. The molecule has 1 N–H and O–H groups in total. The second-order valence-electron chi connectivity index (χ2n) is 4.92. The maximum atomic E-state index is 5.32. The summed E-state index contributed by atoms with van der Waals surface area (Å²) in [4.78, 5) is 13.1. The van der Waals surface area contributed by atoms with Crippen LogP contribution in [0.4, 0.5) is 0 Å². The molecule has 0 aliphatic carbocycles. The Morgan fingerprint density at radius 3 is 3.05 bits per heavy atom. The van der Waals surface area contributed by atoms with Crippen molar-refractivity contribution in [3.05, 3.63) is 30.4 Å². The molecule has 0 atom stereocenters. The molecule has 8 heteroatoms. The first-order valence-electron chi connectivity index (χ1n) is 6.95. The van der Waals surface area contributed by atoms with Gasteiger partial charge in [-0.2, -0.15) is 4.98 Å². The van der Waals surface area contributed by atoms with Crippen LogP contribution in [0.15, 0.2) is 29.0 Å². The zero-order valence-electron chi connectivity index (χ0n) is 12.0. The molecule has 112 valence electrons. The van der Waals surface area contributed by atoms with Gasteiger partial charge in [-0.05, 0) is 6.07 Å². The van der Waals surface area contributed by atoms with E-state index in [1.807, 2.05) is 12.3 Å². The van der Waals surface area contributed by atoms with Crippen molar-refractivity contribution in [3.63, 3.8) is 0 Å². The van der Waals surface area contributed by atoms with Gasteiger partial charge in [0.25, 0.3) is 5.89 Å². The first-order chi connectivity index (χ1) is 10.8. The van der Waals surface area contributed by atoms with Crippen LogP contribution in [-0.4, -0.2) is 38.3 Å². The van der Waals surface area contributed by atoms with Crippen LogP contribution >= 0.6 is 0 Å². The first-order valence-corrected chi connectivity index (χ1v) is 6.95. The fourth-order valence-electron chi connectivity index (χ4n) is 2.37. The summed E-state index contributed by atoms with van der Waals surface area (Å²) in [6, 6.07) is 3.59. The van der Waals surface area contributed by atoms with Crippen LogP contribution in [0, 0.1) is 0 Å². The first kappa shape index (κ1) is 13.0. The van der Waals surface area contributed by atoms with Crippen molar-refractivity contribution in [2.75, 3.05) is 13.7 Å². The van der Waals surface area contributed by atoms with Crippen molar-refractivity contribution in [2.24, 2.45) is 0 Å². The van der Waals surface area contributed by atoms with Gasteiger partial charge in [-0.1, -0.05) is 5.16 Å². The lowest BCUT2D eigenvalue weighted by Gasteiger charge is -2.13. The Hall–Kier alpha value is -2.74. The SMILES string of the molecule is COc1ccc(-c2noc(-c3cn4c(n3)CNCC4)n2)cn1. The van der Waals surface area contributed by atoms with E-state index in [1.54, 1.807) is 19.4 Å². The lowest BCUT2D eigenvalue weighted by atomic mass is 10.3. The average Bonchev–Trinajstić information content (AvgIpc) is 3.21. The third-order valence-corrected chi connectivity index (χ3v) is 3.52. The minimum Gasteiger partial charge on any atom is -0.481 e. The molecule has 4 rings (SSSR count). The normalized spacial score (nSPS) is 13.9. The summed E-state index contributed by atoms with van der Waals surface area (Å²) >= 11 is 0. The molecule has 0 aromatic carbocycles. The molecule has 0 saturated heterocycles. The van der Waals surface area contributed by atoms with Crippen molar-refractivity contribution in [2.45, 2.75) is 13.1 Å². The van der Waals surface area contributed by atoms with Gasteiger partial charge in [0.15, 0.2) is 0 Å². The predicted octanol–water partition coefficient (Wildman–Crippen LogP) is 1.11. The Labute approximate surface area is 126 Å². The summed E-state index contributed by atoms with van der Waals surface area (Å²) in [6.07, 6.45) is 3.59. The van der Waals surface area contributed by atoms with Crippen molar-refractivity contribution in [1.82, 2.24) is 30.0 Å². The highest BCUT2D eigenvalue weighted by molar-refractivity contribution is 5.57. The fourth-order valence-corrected chi connectivity index (χ4v) is 2.37. The molecule has 22 heavy (non-hydrogen) atoms. The van der Waals surface area contributed by atoms with E-state index in [0.717, 1.165) is 31.0 Å². The molecule has 0 unspecified atom stereocenters. The van der Waals surface area contributed by atoms with E-state index in [9.17, 15) is 0 Å². The largest absolute Gasteiger partial charge is 0.481 e. The van der Waals surface area contributed by atoms with Crippen molar-refractivity contribution >= 4 is 0 Å². The Bertz CT molecular complexity index is 769. The minimum absolute atomic E-state index is 0.410. The lowest BCUT2D eigenvalue weighted by Crippen LogP contribution is -2.27. The van der Waals surface area contributed by atoms with Crippen molar-refractivity contribution in [3.8, 4) is 28.9 Å². The molecule has 0 spiro atoms. The third-order valence-electron chi connectivity index (χ3n) is 3.52. The van der Waals surface area contributed by atoms with Gasteiger partial charge in [0.2, 0.25) is 11.7 Å². The van der Waals surface area contributed by atoms with Gasteiger partial charge < -0.3 is 19.1 Å². The van der Waals surface area contributed by atoms with Crippen molar-refractivity contribution in [1.29, 1.82) is 0 Å². The van der Waals surface area contributed by atoms with E-state index in [-0.39, 0.29) is 0 Å². The standard InChI is InChI=1S/C14H14N6O2/c1-21-12-3-2-9(6-16-12)13-18-14(22-19-13)10-8-20-5-4-15-7-11(20)17-10/h2-3,6,8,15H,4-5,7H2,1H3. The summed E-state index contributed by atoms with van der Waals surface area (Å²) in [7, 11) is 1.57. The number of nitrogens with zero attached hydrogens (tertiary/aromatic N) is 5. The van der Waals surface area contributed by atoms with Gasteiger partial charge >= 0.3 is 0 Å². The smallest absolute Gasteiger partial charge is 0.278 e. The minimum atomic E-state index is 0.410. The Balaban J connectivity index is 1.64. The van der Waals surface area contributed by atoms with Gasteiger partial charge in [-0.15, -0.1) is 0 Å². The third kappa shape index (κ3) is 2.23. The number of rotatable bonds is 3. The van der Waals surface area contributed by atoms with Crippen molar-refractivity contribution < 1.29 is 9.26 Å². The van der Waals surface area contributed by atoms with Crippen LogP contribution in [0.1, 0.15) is 5.82 Å². The summed E-state index contributed by atoms with van der Waals surface area (Å²) in [5.74, 6) is 2.41. The molecule has 0 saturated carbocycles. The number of imidazole rings is 1. The molecule has 3 aromatic rings. The number of pyridine rings is 1. The zero-order chi connectivity index (χ0) is 14.9. The van der Waals surface area contributed by atoms with E-state index in [1.165, 1.54) is 0 Å². The Kier molecular flexibility index (Phi) is 3.08. The molecule has 0 amide bonds. The summed E-state index contributed by atoms with van der Waals surface area (Å²) in [5, 5.41) is 7.27. The molecule has 8 nitrogen and oxygen atoms in total. The number of nitrogens with one attached hydrogen (secondary N) is 1. The highest BCUT2D eigenvalue weighted by Crippen LogP contribution is 2.22. The fraction of sp³-hybridized carbons (Fsp3) is 0.286. The van der Waals surface area contributed by atoms with Gasteiger partial charge in [0.05, 0.1) is 13.7 Å². The van der Waals surface area contributed by atoms with Crippen LogP contribution in [0.25, 0.3) is 23.0 Å². The summed E-state index contributed by atoms with van der Waals surface area (Å²) < 4.78 is 12.5. The van der Waals surface area contributed by atoms with Gasteiger partial charge in [0.1, 0.15) is 11.5 Å². The number of hydrogen-bond donors (Lipinski definition) is 1. The molecular formula is C14H14N6O2. The number of fused-ring (bicyclic) bond motifs is 1. The molecule has 0 fully saturated rings. The Morgan fingerprint density at radius 2 is 2.27 bits per heavy atom. The monoisotopic (exact) mass is 298 g/mol. The van der Waals surface area contributed by atoms with E-state index in [2.05, 4.69) is 30.0 Å². The quantitative estimate of drug-likeness (QED) is 0.774. The van der Waals surface area contributed by atoms with Crippen LogP contribution < -0.4 is 10.1 Å². The Morgan fingerprint density at radius 1 is 1.32 bits per heavy atom. The molecule has 3 aromatic heterocycles. The second kappa shape index (κ2) is 5.23. The van der Waals surface area contributed by atoms with Crippen LogP contribution in [-0.2, 0) is 13.1 Å². The van der Waals surface area contributed by atoms with E-state index in [0.29, 0.717) is 23.3 Å². The molecule has 0 bridgehead atoms. The van der Waals surface area contributed by atoms with Gasteiger partial charge in [0, 0.05) is 37.1 Å². The molecular weight excluding hydrogens is 284 g/mol. The lowest BCUT2D eigenvalue weighted by molar-refractivity contribution is 0.398. The van der Waals surface area contributed by atoms with Gasteiger partial charge in [-0.25, -0.2) is 9.97 Å². The number of ether oxygens (including phenoxy) is 1. The summed E-state index contributed by atoms with van der Waals surface area (Å²) in [6.45, 7) is 2.59. The molecule has 0 radical (unpaired) electrons. The van der Waals surface area contributed by atoms with Crippen LogP contribution in [0.5, 0.6) is 5.88 Å². The molecule has 1 aliphatic heterocycles. The number of hydrogen-bond acceptors (Lipinski definition) is 7. The average molecular weight is 298 g/mol. The van der Waals surface area contributed by atoms with Crippen LogP contribution in [0.2, 0.25) is 0 Å². The highest BCUT2D eigenvalue weighted by Gasteiger charge is 2.17.